The number of hydrogen-bond donors (Lipinski definition) is 0. The van der Waals surface area contributed by atoms with E-state index >= 15 is 0 Å². The third kappa shape index (κ3) is 17.4. The van der Waals surface area contributed by atoms with Gasteiger partial charge in [0, 0.05) is 6.42 Å². The molecule has 2 heteroatoms. The van der Waals surface area contributed by atoms with Crippen LogP contribution in [0.2, 0.25) is 0 Å². The van der Waals surface area contributed by atoms with Crippen LogP contribution in [-0.4, -0.2) is 12.1 Å². The molecule has 1 atom stereocenters. The van der Waals surface area contributed by atoms with E-state index in [4.69, 9.17) is 4.74 Å². The van der Waals surface area contributed by atoms with Crippen molar-refractivity contribution in [2.45, 2.75) is 117 Å². The molecule has 0 aliphatic rings. The van der Waals surface area contributed by atoms with Crippen LogP contribution >= 0.6 is 0 Å². The Kier molecular flexibility index (Phi) is 17.0. The first-order chi connectivity index (χ1) is 11.2. The Labute approximate surface area is 145 Å². The predicted octanol–water partition coefficient (Wildman–Crippen LogP) is 6.98. The zero-order valence-electron chi connectivity index (χ0n) is 15.9. The highest BCUT2D eigenvalue weighted by Gasteiger charge is 2.07. The molecule has 0 saturated heterocycles. The first-order valence-corrected chi connectivity index (χ1v) is 10.0. The van der Waals surface area contributed by atoms with E-state index in [1.807, 2.05) is 13.8 Å². The molecule has 1 unspecified atom stereocenters. The van der Waals surface area contributed by atoms with Crippen molar-refractivity contribution in [1.29, 1.82) is 0 Å². The number of rotatable bonds is 16. The van der Waals surface area contributed by atoms with Crippen molar-refractivity contribution in [2.75, 3.05) is 0 Å². The lowest BCUT2D eigenvalue weighted by molar-refractivity contribution is -0.148. The molecule has 0 amide bonds. The van der Waals surface area contributed by atoms with Crippen LogP contribution in [0.1, 0.15) is 111 Å². The van der Waals surface area contributed by atoms with Gasteiger partial charge >= 0.3 is 5.97 Å². The summed E-state index contributed by atoms with van der Waals surface area (Å²) >= 11 is 0. The fraction of sp³-hybridized carbons (Fsp3) is 0.857. The standard InChI is InChI=1S/C21H40O2/c1-4-6-7-8-9-10-11-12-13-14-15-16-17-19-20(3)23-21(22)18-5-2/h8-9,20H,4-7,10-19H2,1-3H3. The number of ether oxygens (including phenoxy) is 1. The number of esters is 1. The van der Waals surface area contributed by atoms with Crippen molar-refractivity contribution in [3.63, 3.8) is 0 Å². The van der Waals surface area contributed by atoms with E-state index in [1.54, 1.807) is 0 Å². The Balaban J connectivity index is 3.24. The maximum Gasteiger partial charge on any atom is 0.306 e. The van der Waals surface area contributed by atoms with Gasteiger partial charge in [0.05, 0.1) is 6.10 Å². The molecular weight excluding hydrogens is 284 g/mol. The topological polar surface area (TPSA) is 26.3 Å². The van der Waals surface area contributed by atoms with Crippen LogP contribution in [0.25, 0.3) is 0 Å². The van der Waals surface area contributed by atoms with E-state index in [1.165, 1.54) is 70.6 Å². The highest BCUT2D eigenvalue weighted by Crippen LogP contribution is 2.12. The van der Waals surface area contributed by atoms with Crippen molar-refractivity contribution < 1.29 is 9.53 Å². The molecule has 0 aliphatic heterocycles. The van der Waals surface area contributed by atoms with Gasteiger partial charge in [-0.1, -0.05) is 70.9 Å². The smallest absolute Gasteiger partial charge is 0.306 e. The van der Waals surface area contributed by atoms with Gasteiger partial charge in [0.15, 0.2) is 0 Å². The molecule has 136 valence electrons. The zero-order chi connectivity index (χ0) is 17.2. The summed E-state index contributed by atoms with van der Waals surface area (Å²) in [6.45, 7) is 6.27. The molecule has 0 saturated carbocycles. The number of allylic oxidation sites excluding steroid dienone is 2. The Morgan fingerprint density at radius 1 is 0.826 bits per heavy atom. The minimum absolute atomic E-state index is 0.0382. The summed E-state index contributed by atoms with van der Waals surface area (Å²) < 4.78 is 5.35. The van der Waals surface area contributed by atoms with Crippen LogP contribution in [0, 0.1) is 0 Å². The molecule has 0 rings (SSSR count). The molecule has 0 aromatic carbocycles. The summed E-state index contributed by atoms with van der Waals surface area (Å²) in [5.41, 5.74) is 0. The zero-order valence-corrected chi connectivity index (χ0v) is 15.9. The molecule has 2 nitrogen and oxygen atoms in total. The molecule has 0 heterocycles. The van der Waals surface area contributed by atoms with E-state index < -0.39 is 0 Å². The Morgan fingerprint density at radius 2 is 1.39 bits per heavy atom. The molecule has 0 N–H and O–H groups in total. The summed E-state index contributed by atoms with van der Waals surface area (Å²) in [7, 11) is 0. The average Bonchev–Trinajstić information content (AvgIpc) is 2.52. The summed E-state index contributed by atoms with van der Waals surface area (Å²) in [5, 5.41) is 0. The molecular formula is C21H40O2. The van der Waals surface area contributed by atoms with Crippen molar-refractivity contribution in [1.82, 2.24) is 0 Å². The van der Waals surface area contributed by atoms with Gasteiger partial charge in [-0.2, -0.15) is 0 Å². The van der Waals surface area contributed by atoms with Gasteiger partial charge in [0.2, 0.25) is 0 Å². The van der Waals surface area contributed by atoms with Crippen LogP contribution in [0.3, 0.4) is 0 Å². The third-order valence-electron chi connectivity index (χ3n) is 4.16. The molecule has 0 bridgehead atoms. The van der Waals surface area contributed by atoms with Gasteiger partial charge in [0.25, 0.3) is 0 Å². The lowest BCUT2D eigenvalue weighted by atomic mass is 10.1. The number of carbonyl (C=O) groups is 1. The van der Waals surface area contributed by atoms with Crippen LogP contribution in [0.5, 0.6) is 0 Å². The first kappa shape index (κ1) is 22.2. The number of carbonyl (C=O) groups excluding carboxylic acids is 1. The van der Waals surface area contributed by atoms with Crippen molar-refractivity contribution in [3.8, 4) is 0 Å². The lowest BCUT2D eigenvalue weighted by Crippen LogP contribution is -2.14. The Morgan fingerprint density at radius 3 is 2.00 bits per heavy atom. The molecule has 0 fully saturated rings. The van der Waals surface area contributed by atoms with Crippen molar-refractivity contribution in [2.24, 2.45) is 0 Å². The summed E-state index contributed by atoms with van der Waals surface area (Å²) in [6, 6.07) is 0. The van der Waals surface area contributed by atoms with E-state index in [0.717, 1.165) is 12.8 Å². The van der Waals surface area contributed by atoms with Crippen molar-refractivity contribution in [3.05, 3.63) is 12.2 Å². The molecule has 0 aromatic heterocycles. The summed E-state index contributed by atoms with van der Waals surface area (Å²) in [6.07, 6.45) is 21.6. The second-order valence-electron chi connectivity index (χ2n) is 6.72. The van der Waals surface area contributed by atoms with E-state index in [0.29, 0.717) is 6.42 Å². The normalized spacial score (nSPS) is 12.7. The SMILES string of the molecule is CCCCC=CCCCCCCCCCC(C)OC(=O)CCC. The molecule has 0 aromatic rings. The van der Waals surface area contributed by atoms with Crippen molar-refractivity contribution >= 4 is 5.97 Å². The van der Waals surface area contributed by atoms with Gasteiger partial charge in [-0.3, -0.25) is 4.79 Å². The quantitative estimate of drug-likeness (QED) is 0.174. The molecule has 0 radical (unpaired) electrons. The summed E-state index contributed by atoms with van der Waals surface area (Å²) in [4.78, 5) is 11.4. The lowest BCUT2D eigenvalue weighted by Gasteiger charge is -2.12. The third-order valence-corrected chi connectivity index (χ3v) is 4.16. The van der Waals surface area contributed by atoms with Crippen LogP contribution in [0.15, 0.2) is 12.2 Å². The fourth-order valence-electron chi connectivity index (χ4n) is 2.68. The van der Waals surface area contributed by atoms with Crippen LogP contribution in [0.4, 0.5) is 0 Å². The molecule has 0 aliphatic carbocycles. The average molecular weight is 325 g/mol. The monoisotopic (exact) mass is 324 g/mol. The number of hydrogen-bond acceptors (Lipinski definition) is 2. The van der Waals surface area contributed by atoms with Gasteiger partial charge < -0.3 is 4.74 Å². The van der Waals surface area contributed by atoms with E-state index in [9.17, 15) is 4.79 Å². The largest absolute Gasteiger partial charge is 0.463 e. The Bertz CT molecular complexity index is 284. The van der Waals surface area contributed by atoms with E-state index in [2.05, 4.69) is 19.1 Å². The second-order valence-corrected chi connectivity index (χ2v) is 6.72. The Hall–Kier alpha value is -0.790. The van der Waals surface area contributed by atoms with Gasteiger partial charge in [0.1, 0.15) is 0 Å². The number of unbranched alkanes of at least 4 members (excludes halogenated alkanes) is 9. The predicted molar refractivity (Wildman–Crippen MR) is 101 cm³/mol. The fourth-order valence-corrected chi connectivity index (χ4v) is 2.68. The first-order valence-electron chi connectivity index (χ1n) is 10.0. The maximum atomic E-state index is 11.4. The minimum atomic E-state index is -0.0382. The van der Waals surface area contributed by atoms with Gasteiger partial charge in [-0.15, -0.1) is 0 Å². The van der Waals surface area contributed by atoms with Gasteiger partial charge in [-0.25, -0.2) is 0 Å². The minimum Gasteiger partial charge on any atom is -0.463 e. The maximum absolute atomic E-state index is 11.4. The van der Waals surface area contributed by atoms with Crippen LogP contribution < -0.4 is 0 Å². The second kappa shape index (κ2) is 17.6. The van der Waals surface area contributed by atoms with E-state index in [-0.39, 0.29) is 12.1 Å². The van der Waals surface area contributed by atoms with Crippen LogP contribution in [-0.2, 0) is 9.53 Å². The molecule has 0 spiro atoms. The highest BCUT2D eigenvalue weighted by atomic mass is 16.5. The van der Waals surface area contributed by atoms with Gasteiger partial charge in [-0.05, 0) is 45.4 Å². The highest BCUT2D eigenvalue weighted by molar-refractivity contribution is 5.69. The molecule has 23 heavy (non-hydrogen) atoms. The summed E-state index contributed by atoms with van der Waals surface area (Å²) in [5.74, 6) is -0.0382.